The smallest absolute Gasteiger partial charge is 0.340 e. The van der Waals surface area contributed by atoms with E-state index in [9.17, 15) is 4.79 Å². The molecule has 0 aromatic heterocycles. The van der Waals surface area contributed by atoms with E-state index in [0.29, 0.717) is 12.0 Å². The standard InChI is InChI=1S/C10H12O4/c1-2-9(14-12)13-10(11)8-6-4-3-5-7-8/h3-7,9,12H,2H2,1H3. The molecular formula is C10H12O4. The molecule has 4 nitrogen and oxygen atoms in total. The van der Waals surface area contributed by atoms with E-state index in [1.54, 1.807) is 37.3 Å². The van der Waals surface area contributed by atoms with E-state index in [4.69, 9.17) is 9.99 Å². The van der Waals surface area contributed by atoms with Crippen molar-refractivity contribution in [3.63, 3.8) is 0 Å². The number of hydrogen-bond donors (Lipinski definition) is 1. The lowest BCUT2D eigenvalue weighted by molar-refractivity contribution is -0.332. The molecule has 0 amide bonds. The van der Waals surface area contributed by atoms with Crippen LogP contribution in [0.4, 0.5) is 0 Å². The lowest BCUT2D eigenvalue weighted by Crippen LogP contribution is -2.19. The summed E-state index contributed by atoms with van der Waals surface area (Å²) in [7, 11) is 0. The fourth-order valence-electron chi connectivity index (χ4n) is 0.941. The van der Waals surface area contributed by atoms with Gasteiger partial charge in [0.1, 0.15) is 0 Å². The van der Waals surface area contributed by atoms with Crippen LogP contribution in [0, 0.1) is 0 Å². The number of ether oxygens (including phenoxy) is 1. The Bertz CT molecular complexity index is 279. The number of rotatable bonds is 4. The highest BCUT2D eigenvalue weighted by Crippen LogP contribution is 2.06. The lowest BCUT2D eigenvalue weighted by Gasteiger charge is -2.11. The van der Waals surface area contributed by atoms with Crippen LogP contribution in [0.3, 0.4) is 0 Å². The molecule has 1 N–H and O–H groups in total. The van der Waals surface area contributed by atoms with Gasteiger partial charge in [-0.15, -0.1) is 0 Å². The Hall–Kier alpha value is -1.39. The first-order valence-corrected chi connectivity index (χ1v) is 4.34. The van der Waals surface area contributed by atoms with Crippen LogP contribution in [0.1, 0.15) is 23.7 Å². The average Bonchev–Trinajstić information content (AvgIpc) is 2.26. The molecule has 0 saturated carbocycles. The van der Waals surface area contributed by atoms with Crippen LogP contribution in [-0.2, 0) is 9.62 Å². The van der Waals surface area contributed by atoms with Gasteiger partial charge < -0.3 is 4.74 Å². The molecule has 0 saturated heterocycles. The molecule has 1 aromatic carbocycles. The predicted octanol–water partition coefficient (Wildman–Crippen LogP) is 2.07. The van der Waals surface area contributed by atoms with Crippen molar-refractivity contribution in [2.75, 3.05) is 0 Å². The van der Waals surface area contributed by atoms with E-state index >= 15 is 0 Å². The van der Waals surface area contributed by atoms with Crippen LogP contribution in [0.25, 0.3) is 0 Å². The number of hydrogen-bond acceptors (Lipinski definition) is 4. The van der Waals surface area contributed by atoms with Crippen molar-refractivity contribution < 1.29 is 19.7 Å². The normalized spacial score (nSPS) is 12.1. The molecule has 0 fully saturated rings. The summed E-state index contributed by atoms with van der Waals surface area (Å²) in [4.78, 5) is 15.3. The summed E-state index contributed by atoms with van der Waals surface area (Å²) in [6.45, 7) is 1.74. The summed E-state index contributed by atoms with van der Waals surface area (Å²) in [5, 5.41) is 8.34. The number of carbonyl (C=O) groups excluding carboxylic acids is 1. The second-order valence-corrected chi connectivity index (χ2v) is 2.71. The molecule has 0 bridgehead atoms. The van der Waals surface area contributed by atoms with Gasteiger partial charge in [0.25, 0.3) is 0 Å². The maximum absolute atomic E-state index is 11.4. The Kier molecular flexibility index (Phi) is 4.10. The lowest BCUT2D eigenvalue weighted by atomic mass is 10.2. The molecule has 14 heavy (non-hydrogen) atoms. The van der Waals surface area contributed by atoms with Crippen LogP contribution >= 0.6 is 0 Å². The fraction of sp³-hybridized carbons (Fsp3) is 0.300. The highest BCUT2D eigenvalue weighted by molar-refractivity contribution is 5.89. The van der Waals surface area contributed by atoms with Gasteiger partial charge in [-0.1, -0.05) is 25.1 Å². The quantitative estimate of drug-likeness (QED) is 0.346. The molecule has 0 heterocycles. The van der Waals surface area contributed by atoms with Gasteiger partial charge >= 0.3 is 5.97 Å². The van der Waals surface area contributed by atoms with Crippen molar-refractivity contribution in [2.24, 2.45) is 0 Å². The van der Waals surface area contributed by atoms with Crippen LogP contribution in [0.5, 0.6) is 0 Å². The molecule has 0 aliphatic rings. The Labute approximate surface area is 82.0 Å². The van der Waals surface area contributed by atoms with E-state index in [-0.39, 0.29) is 0 Å². The monoisotopic (exact) mass is 196 g/mol. The summed E-state index contributed by atoms with van der Waals surface area (Å²) in [5.74, 6) is -0.508. The van der Waals surface area contributed by atoms with Crippen molar-refractivity contribution in [2.45, 2.75) is 19.6 Å². The summed E-state index contributed by atoms with van der Waals surface area (Å²) in [5.41, 5.74) is 0.433. The molecular weight excluding hydrogens is 184 g/mol. The summed E-state index contributed by atoms with van der Waals surface area (Å²) >= 11 is 0. The Morgan fingerprint density at radius 2 is 2.07 bits per heavy atom. The summed E-state index contributed by atoms with van der Waals surface area (Å²) in [6, 6.07) is 8.53. The third-order valence-corrected chi connectivity index (χ3v) is 1.70. The third kappa shape index (κ3) is 2.83. The van der Waals surface area contributed by atoms with E-state index in [1.807, 2.05) is 0 Å². The van der Waals surface area contributed by atoms with E-state index < -0.39 is 12.3 Å². The van der Waals surface area contributed by atoms with Crippen LogP contribution in [0.15, 0.2) is 30.3 Å². The largest absolute Gasteiger partial charge is 0.429 e. The van der Waals surface area contributed by atoms with Gasteiger partial charge in [0.05, 0.1) is 5.56 Å². The SMILES string of the molecule is CCC(OO)OC(=O)c1ccccc1. The zero-order chi connectivity index (χ0) is 10.4. The molecule has 1 rings (SSSR count). The molecule has 0 aliphatic carbocycles. The first-order valence-electron chi connectivity index (χ1n) is 4.34. The van der Waals surface area contributed by atoms with Gasteiger partial charge in [-0.05, 0) is 12.1 Å². The number of benzene rings is 1. The van der Waals surface area contributed by atoms with Gasteiger partial charge in [0, 0.05) is 6.42 Å². The maximum atomic E-state index is 11.4. The van der Waals surface area contributed by atoms with Gasteiger partial charge in [-0.3, -0.25) is 0 Å². The molecule has 1 aromatic rings. The molecule has 0 radical (unpaired) electrons. The predicted molar refractivity (Wildman–Crippen MR) is 49.7 cm³/mol. The Morgan fingerprint density at radius 1 is 1.43 bits per heavy atom. The van der Waals surface area contributed by atoms with Crippen molar-refractivity contribution in [1.29, 1.82) is 0 Å². The topological polar surface area (TPSA) is 55.8 Å². The Balaban J connectivity index is 2.59. The van der Waals surface area contributed by atoms with Gasteiger partial charge in [0.15, 0.2) is 0 Å². The zero-order valence-corrected chi connectivity index (χ0v) is 7.84. The van der Waals surface area contributed by atoms with Crippen LogP contribution in [-0.4, -0.2) is 17.5 Å². The summed E-state index contributed by atoms with van der Waals surface area (Å²) < 4.78 is 4.82. The minimum atomic E-state index is -0.900. The van der Waals surface area contributed by atoms with Crippen LogP contribution < -0.4 is 0 Å². The first-order chi connectivity index (χ1) is 6.77. The highest BCUT2D eigenvalue weighted by atomic mass is 17.1. The molecule has 4 heteroatoms. The second kappa shape index (κ2) is 5.36. The van der Waals surface area contributed by atoms with Crippen molar-refractivity contribution in [3.8, 4) is 0 Å². The molecule has 1 unspecified atom stereocenters. The third-order valence-electron chi connectivity index (χ3n) is 1.70. The molecule has 76 valence electrons. The molecule has 0 spiro atoms. The van der Waals surface area contributed by atoms with Crippen molar-refractivity contribution >= 4 is 5.97 Å². The highest BCUT2D eigenvalue weighted by Gasteiger charge is 2.13. The molecule has 0 aliphatic heterocycles. The first kappa shape index (κ1) is 10.7. The average molecular weight is 196 g/mol. The minimum Gasteiger partial charge on any atom is -0.429 e. The van der Waals surface area contributed by atoms with Gasteiger partial charge in [-0.2, -0.15) is 4.89 Å². The van der Waals surface area contributed by atoms with Gasteiger partial charge in [0.2, 0.25) is 6.29 Å². The second-order valence-electron chi connectivity index (χ2n) is 2.71. The number of esters is 1. The minimum absolute atomic E-state index is 0.398. The number of carbonyl (C=O) groups is 1. The van der Waals surface area contributed by atoms with Gasteiger partial charge in [-0.25, -0.2) is 10.1 Å². The van der Waals surface area contributed by atoms with Crippen LogP contribution in [0.2, 0.25) is 0 Å². The molecule has 1 atom stereocenters. The van der Waals surface area contributed by atoms with Crippen molar-refractivity contribution in [1.82, 2.24) is 0 Å². The van der Waals surface area contributed by atoms with E-state index in [0.717, 1.165) is 0 Å². The van der Waals surface area contributed by atoms with E-state index in [2.05, 4.69) is 4.89 Å². The maximum Gasteiger partial charge on any atom is 0.340 e. The van der Waals surface area contributed by atoms with E-state index in [1.165, 1.54) is 0 Å². The summed E-state index contributed by atoms with van der Waals surface area (Å²) in [6.07, 6.45) is -0.502. The fourth-order valence-corrected chi connectivity index (χ4v) is 0.941. The zero-order valence-electron chi connectivity index (χ0n) is 7.84. The van der Waals surface area contributed by atoms with Crippen molar-refractivity contribution in [3.05, 3.63) is 35.9 Å². The Morgan fingerprint density at radius 3 is 2.57 bits per heavy atom.